The summed E-state index contributed by atoms with van der Waals surface area (Å²) in [5.74, 6) is -2.11. The Bertz CT molecular complexity index is 1100. The molecule has 0 aliphatic carbocycles. The van der Waals surface area contributed by atoms with E-state index in [9.17, 15) is 34.1 Å². The van der Waals surface area contributed by atoms with Crippen LogP contribution in [0.3, 0.4) is 0 Å². The van der Waals surface area contributed by atoms with E-state index < -0.39 is 58.4 Å². The van der Waals surface area contributed by atoms with Crippen LogP contribution < -0.4 is 21.3 Å². The van der Waals surface area contributed by atoms with Gasteiger partial charge in [-0.15, -0.1) is 0 Å². The van der Waals surface area contributed by atoms with Gasteiger partial charge in [0.15, 0.2) is 0 Å². The molecular formula is C25H36N6O8. The molecule has 1 aromatic rings. The fraction of sp³-hybridized carbons (Fsp3) is 0.560. The molecule has 1 heterocycles. The molecule has 1 fully saturated rings. The highest BCUT2D eigenvalue weighted by atomic mass is 16.6. The van der Waals surface area contributed by atoms with Crippen molar-refractivity contribution in [1.29, 1.82) is 0 Å². The summed E-state index contributed by atoms with van der Waals surface area (Å²) in [5, 5.41) is 20.8. The minimum absolute atomic E-state index is 0.123. The number of amides is 5. The average molecular weight is 549 g/mol. The maximum atomic E-state index is 13.4. The van der Waals surface area contributed by atoms with Crippen molar-refractivity contribution in [2.45, 2.75) is 71.1 Å². The summed E-state index contributed by atoms with van der Waals surface area (Å²) in [6.07, 6.45) is 0.408. The number of nitrogens with one attached hydrogen (secondary N) is 4. The molecule has 1 aliphatic rings. The number of alkyl carbamates (subject to hydrolysis) is 1. The Kier molecular flexibility index (Phi) is 10.3. The fourth-order valence-corrected chi connectivity index (χ4v) is 3.87. The number of ether oxygens (including phenoxy) is 1. The largest absolute Gasteiger partial charge is 0.444 e. The Balaban J connectivity index is 1.92. The van der Waals surface area contributed by atoms with Crippen LogP contribution in [0.2, 0.25) is 0 Å². The zero-order valence-corrected chi connectivity index (χ0v) is 22.8. The Morgan fingerprint density at radius 3 is 2.21 bits per heavy atom. The van der Waals surface area contributed by atoms with E-state index >= 15 is 0 Å². The monoisotopic (exact) mass is 548 g/mol. The number of nitro groups is 1. The van der Waals surface area contributed by atoms with E-state index in [1.54, 1.807) is 34.6 Å². The molecular weight excluding hydrogens is 512 g/mol. The van der Waals surface area contributed by atoms with Crippen molar-refractivity contribution in [1.82, 2.24) is 20.9 Å². The Hall–Kier alpha value is -4.23. The maximum absolute atomic E-state index is 13.4. The number of anilines is 1. The van der Waals surface area contributed by atoms with Crippen LogP contribution in [-0.2, 0) is 23.9 Å². The van der Waals surface area contributed by atoms with E-state index in [0.29, 0.717) is 25.1 Å². The van der Waals surface area contributed by atoms with Crippen molar-refractivity contribution in [3.63, 3.8) is 0 Å². The lowest BCUT2D eigenvalue weighted by Gasteiger charge is -2.35. The molecule has 1 aromatic carbocycles. The molecule has 2 rings (SSSR count). The van der Waals surface area contributed by atoms with Crippen molar-refractivity contribution in [2.75, 3.05) is 25.0 Å². The Morgan fingerprint density at radius 2 is 1.64 bits per heavy atom. The molecule has 39 heavy (non-hydrogen) atoms. The number of non-ortho nitro benzene ring substituents is 1. The molecule has 1 aliphatic heterocycles. The van der Waals surface area contributed by atoms with E-state index in [-0.39, 0.29) is 18.7 Å². The van der Waals surface area contributed by atoms with Gasteiger partial charge in [-0.25, -0.2) is 4.79 Å². The highest BCUT2D eigenvalue weighted by Crippen LogP contribution is 2.23. The zero-order valence-electron chi connectivity index (χ0n) is 22.8. The maximum Gasteiger partial charge on any atom is 0.408 e. The van der Waals surface area contributed by atoms with Crippen LogP contribution in [0.25, 0.3) is 0 Å². The summed E-state index contributed by atoms with van der Waals surface area (Å²) < 4.78 is 5.10. The van der Waals surface area contributed by atoms with Gasteiger partial charge in [-0.2, -0.15) is 0 Å². The van der Waals surface area contributed by atoms with Crippen molar-refractivity contribution in [2.24, 2.45) is 0 Å². The summed E-state index contributed by atoms with van der Waals surface area (Å²) in [5.41, 5.74) is -1.86. The number of benzene rings is 1. The Labute approximate surface area is 226 Å². The lowest BCUT2D eigenvalue weighted by molar-refractivity contribution is -0.384. The second-order valence-corrected chi connectivity index (χ2v) is 10.3. The number of likely N-dealkylation sites (tertiary alicyclic amines) is 1. The predicted molar refractivity (Wildman–Crippen MR) is 141 cm³/mol. The van der Waals surface area contributed by atoms with Gasteiger partial charge >= 0.3 is 6.09 Å². The van der Waals surface area contributed by atoms with Gasteiger partial charge in [-0.05, 0) is 59.1 Å². The van der Waals surface area contributed by atoms with Crippen molar-refractivity contribution >= 4 is 41.1 Å². The molecule has 0 spiro atoms. The number of carbonyl (C=O) groups is 5. The van der Waals surface area contributed by atoms with Crippen LogP contribution in [0.5, 0.6) is 0 Å². The molecule has 5 amide bonds. The second kappa shape index (κ2) is 13.0. The zero-order chi connectivity index (χ0) is 29.4. The molecule has 2 atom stereocenters. The van der Waals surface area contributed by atoms with Gasteiger partial charge in [0.05, 0.1) is 11.5 Å². The van der Waals surface area contributed by atoms with Gasteiger partial charge in [0.2, 0.25) is 23.6 Å². The minimum atomic E-state index is -1.33. The first-order valence-electron chi connectivity index (χ1n) is 12.6. The number of nitrogens with zero attached hydrogens (tertiary/aromatic N) is 2. The first-order valence-corrected chi connectivity index (χ1v) is 12.6. The quantitative estimate of drug-likeness (QED) is 0.249. The van der Waals surface area contributed by atoms with Crippen LogP contribution >= 0.6 is 0 Å². The molecule has 0 radical (unpaired) electrons. The standard InChI is InChI=1S/C25H36N6O8/c1-6-25(5,29-20(33)15-27-23(36)39-24(2,3)4)22(35)30-13-7-8-18(30)21(34)26-14-19(32)28-16-9-11-17(12-10-16)31(37)38/h9-12,18H,6-8,13-15H2,1-5H3,(H,26,34)(H,27,36)(H,28,32)(H,29,33)/t18-,25-/m0/s1. The van der Waals surface area contributed by atoms with Gasteiger partial charge in [-0.1, -0.05) is 6.92 Å². The van der Waals surface area contributed by atoms with Gasteiger partial charge in [-0.3, -0.25) is 29.3 Å². The molecule has 4 N–H and O–H groups in total. The summed E-state index contributed by atoms with van der Waals surface area (Å²) in [4.78, 5) is 74.4. The number of rotatable bonds is 10. The fourth-order valence-electron chi connectivity index (χ4n) is 3.87. The molecule has 214 valence electrons. The van der Waals surface area contributed by atoms with Gasteiger partial charge in [0.25, 0.3) is 5.69 Å². The van der Waals surface area contributed by atoms with E-state index in [2.05, 4.69) is 21.3 Å². The summed E-state index contributed by atoms with van der Waals surface area (Å²) in [6.45, 7) is 7.86. The number of carbonyl (C=O) groups excluding carboxylic acids is 5. The normalized spacial score (nSPS) is 16.4. The molecule has 0 saturated carbocycles. The highest BCUT2D eigenvalue weighted by molar-refractivity contribution is 5.98. The third-order valence-electron chi connectivity index (χ3n) is 5.99. The van der Waals surface area contributed by atoms with Crippen molar-refractivity contribution < 1.29 is 33.6 Å². The smallest absolute Gasteiger partial charge is 0.408 e. The van der Waals surface area contributed by atoms with Crippen LogP contribution in [0.1, 0.15) is 53.9 Å². The number of hydrogen-bond donors (Lipinski definition) is 4. The van der Waals surface area contributed by atoms with E-state index in [0.717, 1.165) is 0 Å². The molecule has 14 heteroatoms. The SMILES string of the molecule is CC[C@](C)(NC(=O)CNC(=O)OC(C)(C)C)C(=O)N1CCC[C@H]1C(=O)NCC(=O)Nc1ccc([N+](=O)[O-])cc1. The molecule has 14 nitrogen and oxygen atoms in total. The summed E-state index contributed by atoms with van der Waals surface area (Å²) >= 11 is 0. The Morgan fingerprint density at radius 1 is 1.03 bits per heavy atom. The second-order valence-electron chi connectivity index (χ2n) is 10.3. The summed E-state index contributed by atoms with van der Waals surface area (Å²) in [7, 11) is 0. The molecule has 0 aromatic heterocycles. The van der Waals surface area contributed by atoms with Crippen LogP contribution in [0.15, 0.2) is 24.3 Å². The van der Waals surface area contributed by atoms with E-state index in [1.807, 2.05) is 0 Å². The van der Waals surface area contributed by atoms with Crippen LogP contribution in [0, 0.1) is 10.1 Å². The van der Waals surface area contributed by atoms with Gasteiger partial charge in [0.1, 0.15) is 23.7 Å². The molecule has 0 bridgehead atoms. The predicted octanol–water partition coefficient (Wildman–Crippen LogP) is 1.45. The third kappa shape index (κ3) is 9.23. The highest BCUT2D eigenvalue weighted by Gasteiger charge is 2.43. The third-order valence-corrected chi connectivity index (χ3v) is 5.99. The topological polar surface area (TPSA) is 189 Å². The van der Waals surface area contributed by atoms with Gasteiger partial charge in [0, 0.05) is 24.4 Å². The van der Waals surface area contributed by atoms with Crippen molar-refractivity contribution in [3.05, 3.63) is 34.4 Å². The van der Waals surface area contributed by atoms with E-state index in [1.165, 1.54) is 29.2 Å². The lowest BCUT2D eigenvalue weighted by Crippen LogP contribution is -2.61. The number of hydrogen-bond acceptors (Lipinski definition) is 8. The number of nitro benzene ring substituents is 1. The van der Waals surface area contributed by atoms with Crippen LogP contribution in [0.4, 0.5) is 16.2 Å². The summed E-state index contributed by atoms with van der Waals surface area (Å²) in [6, 6.07) is 4.41. The van der Waals surface area contributed by atoms with Crippen molar-refractivity contribution in [3.8, 4) is 0 Å². The average Bonchev–Trinajstić information content (AvgIpc) is 3.35. The van der Waals surface area contributed by atoms with Gasteiger partial charge < -0.3 is 30.9 Å². The molecule has 0 unspecified atom stereocenters. The first-order chi connectivity index (χ1) is 18.1. The van der Waals surface area contributed by atoms with E-state index in [4.69, 9.17) is 4.74 Å². The first kappa shape index (κ1) is 31.0. The minimum Gasteiger partial charge on any atom is -0.444 e. The van der Waals surface area contributed by atoms with Crippen LogP contribution in [-0.4, -0.2) is 76.4 Å². The molecule has 1 saturated heterocycles. The lowest BCUT2D eigenvalue weighted by atomic mass is 9.96.